The van der Waals surface area contributed by atoms with Crippen molar-refractivity contribution in [3.8, 4) is 0 Å². The lowest BCUT2D eigenvalue weighted by Gasteiger charge is -2.31. The Bertz CT molecular complexity index is 273. The predicted molar refractivity (Wildman–Crippen MR) is 58.3 cm³/mol. The number of piperidine rings is 1. The molecule has 3 nitrogen and oxygen atoms in total. The van der Waals surface area contributed by atoms with E-state index in [1.807, 2.05) is 24.5 Å². The van der Waals surface area contributed by atoms with Crippen LogP contribution in [0.2, 0.25) is 0 Å². The molecule has 0 aliphatic carbocycles. The lowest BCUT2D eigenvalue weighted by Crippen LogP contribution is -2.46. The minimum atomic E-state index is 0.547. The molecule has 0 amide bonds. The number of hydrogen-bond acceptors (Lipinski definition) is 3. The Hall–Kier alpha value is -1.09. The fraction of sp³-hybridized carbons (Fsp3) is 0.545. The van der Waals surface area contributed by atoms with E-state index in [0.717, 1.165) is 6.54 Å². The lowest BCUT2D eigenvalue weighted by atomic mass is 10.00. The van der Waals surface area contributed by atoms with Crippen LogP contribution in [0.4, 0.5) is 5.69 Å². The first-order chi connectivity index (χ1) is 6.86. The second-order valence-corrected chi connectivity index (χ2v) is 3.87. The molecule has 0 bridgehead atoms. The summed E-state index contributed by atoms with van der Waals surface area (Å²) in [6, 6.07) is 5.13. The molecule has 1 aliphatic heterocycles. The van der Waals surface area contributed by atoms with Gasteiger partial charge in [0.1, 0.15) is 0 Å². The van der Waals surface area contributed by atoms with Crippen LogP contribution < -0.4 is 10.6 Å². The normalized spacial score (nSPS) is 27.2. The fourth-order valence-corrected chi connectivity index (χ4v) is 1.90. The molecule has 0 aromatic carbocycles. The van der Waals surface area contributed by atoms with Gasteiger partial charge >= 0.3 is 0 Å². The topological polar surface area (TPSA) is 37.0 Å². The molecule has 0 saturated carbocycles. The summed E-state index contributed by atoms with van der Waals surface area (Å²) >= 11 is 0. The third kappa shape index (κ3) is 2.23. The maximum absolute atomic E-state index is 4.00. The molecule has 2 atom stereocenters. The molecule has 2 unspecified atom stereocenters. The summed E-state index contributed by atoms with van der Waals surface area (Å²) < 4.78 is 0. The molecule has 1 saturated heterocycles. The largest absolute Gasteiger partial charge is 0.381 e. The van der Waals surface area contributed by atoms with Gasteiger partial charge in [0.25, 0.3) is 0 Å². The molecular formula is C11H17N3. The third-order valence-electron chi connectivity index (χ3n) is 2.79. The zero-order valence-corrected chi connectivity index (χ0v) is 8.53. The fourth-order valence-electron chi connectivity index (χ4n) is 1.90. The summed E-state index contributed by atoms with van der Waals surface area (Å²) in [5.74, 6) is 0. The number of nitrogens with one attached hydrogen (secondary N) is 2. The average Bonchev–Trinajstić information content (AvgIpc) is 2.23. The Labute approximate surface area is 84.9 Å². The Balaban J connectivity index is 1.96. The third-order valence-corrected chi connectivity index (χ3v) is 2.79. The van der Waals surface area contributed by atoms with E-state index < -0.39 is 0 Å². The van der Waals surface area contributed by atoms with Crippen LogP contribution in [0, 0.1) is 0 Å². The van der Waals surface area contributed by atoms with E-state index in [1.54, 1.807) is 0 Å². The Morgan fingerprint density at radius 2 is 2.21 bits per heavy atom. The first-order valence-electron chi connectivity index (χ1n) is 5.26. The van der Waals surface area contributed by atoms with E-state index >= 15 is 0 Å². The lowest BCUT2D eigenvalue weighted by molar-refractivity contribution is 0.389. The Morgan fingerprint density at radius 1 is 1.43 bits per heavy atom. The van der Waals surface area contributed by atoms with Gasteiger partial charge in [0.15, 0.2) is 0 Å². The molecule has 0 radical (unpaired) electrons. The van der Waals surface area contributed by atoms with Gasteiger partial charge in [-0.05, 0) is 38.4 Å². The van der Waals surface area contributed by atoms with Crippen LogP contribution in [-0.4, -0.2) is 23.6 Å². The number of anilines is 1. The van der Waals surface area contributed by atoms with Crippen molar-refractivity contribution in [1.82, 2.24) is 10.3 Å². The van der Waals surface area contributed by atoms with Crippen molar-refractivity contribution in [1.29, 1.82) is 0 Å². The highest BCUT2D eigenvalue weighted by molar-refractivity contribution is 5.42. The predicted octanol–water partition coefficient (Wildman–Crippen LogP) is 1.63. The summed E-state index contributed by atoms with van der Waals surface area (Å²) in [5, 5.41) is 7.00. The van der Waals surface area contributed by atoms with E-state index in [0.29, 0.717) is 12.1 Å². The number of rotatable bonds is 2. The number of hydrogen-bond donors (Lipinski definition) is 2. The van der Waals surface area contributed by atoms with Crippen molar-refractivity contribution in [2.75, 3.05) is 11.9 Å². The molecule has 2 N–H and O–H groups in total. The van der Waals surface area contributed by atoms with Crippen LogP contribution in [0.3, 0.4) is 0 Å². The van der Waals surface area contributed by atoms with E-state index in [4.69, 9.17) is 0 Å². The zero-order chi connectivity index (χ0) is 9.80. The highest BCUT2D eigenvalue weighted by Crippen LogP contribution is 2.14. The van der Waals surface area contributed by atoms with Crippen molar-refractivity contribution in [3.63, 3.8) is 0 Å². The standard InChI is InChI=1S/C11H17N3/c1-9-11(3-2-6-13-9)14-10-4-7-12-8-5-10/h4-5,7-9,11,13H,2-3,6H2,1H3,(H,12,14). The van der Waals surface area contributed by atoms with Gasteiger partial charge in [-0.3, -0.25) is 4.98 Å². The maximum atomic E-state index is 4.00. The molecule has 14 heavy (non-hydrogen) atoms. The highest BCUT2D eigenvalue weighted by Gasteiger charge is 2.19. The molecule has 1 aromatic heterocycles. The van der Waals surface area contributed by atoms with Crippen LogP contribution >= 0.6 is 0 Å². The van der Waals surface area contributed by atoms with Gasteiger partial charge in [0, 0.05) is 30.2 Å². The number of pyridine rings is 1. The Kier molecular flexibility index (Phi) is 2.99. The van der Waals surface area contributed by atoms with Gasteiger partial charge in [-0.1, -0.05) is 0 Å². The smallest absolute Gasteiger partial charge is 0.0412 e. The van der Waals surface area contributed by atoms with Gasteiger partial charge in [0.05, 0.1) is 0 Å². The molecule has 0 spiro atoms. The molecule has 2 heterocycles. The van der Waals surface area contributed by atoms with Crippen LogP contribution in [0.5, 0.6) is 0 Å². The summed E-state index contributed by atoms with van der Waals surface area (Å²) in [4.78, 5) is 4.00. The van der Waals surface area contributed by atoms with Crippen molar-refractivity contribution >= 4 is 5.69 Å². The van der Waals surface area contributed by atoms with E-state index in [9.17, 15) is 0 Å². The van der Waals surface area contributed by atoms with Crippen LogP contribution in [0.25, 0.3) is 0 Å². The number of nitrogens with zero attached hydrogens (tertiary/aromatic N) is 1. The molecule has 1 aliphatic rings. The first-order valence-corrected chi connectivity index (χ1v) is 5.26. The summed E-state index contributed by atoms with van der Waals surface area (Å²) in [5.41, 5.74) is 1.17. The van der Waals surface area contributed by atoms with Crippen LogP contribution in [0.1, 0.15) is 19.8 Å². The molecular weight excluding hydrogens is 174 g/mol. The van der Waals surface area contributed by atoms with Gasteiger partial charge in [-0.15, -0.1) is 0 Å². The summed E-state index contributed by atoms with van der Waals surface area (Å²) in [6.07, 6.45) is 6.15. The van der Waals surface area contributed by atoms with E-state index in [1.165, 1.54) is 18.5 Å². The van der Waals surface area contributed by atoms with Crippen molar-refractivity contribution < 1.29 is 0 Å². The second kappa shape index (κ2) is 4.42. The minimum Gasteiger partial charge on any atom is -0.381 e. The van der Waals surface area contributed by atoms with Gasteiger partial charge in [0.2, 0.25) is 0 Å². The number of aromatic nitrogens is 1. The van der Waals surface area contributed by atoms with Gasteiger partial charge < -0.3 is 10.6 Å². The van der Waals surface area contributed by atoms with Crippen molar-refractivity contribution in [2.24, 2.45) is 0 Å². The quantitative estimate of drug-likeness (QED) is 0.746. The first kappa shape index (κ1) is 9.46. The monoisotopic (exact) mass is 191 g/mol. The van der Waals surface area contributed by atoms with Crippen molar-refractivity contribution in [3.05, 3.63) is 24.5 Å². The van der Waals surface area contributed by atoms with Gasteiger partial charge in [-0.2, -0.15) is 0 Å². The van der Waals surface area contributed by atoms with Crippen molar-refractivity contribution in [2.45, 2.75) is 31.8 Å². The summed E-state index contributed by atoms with van der Waals surface area (Å²) in [7, 11) is 0. The minimum absolute atomic E-state index is 0.547. The molecule has 2 rings (SSSR count). The second-order valence-electron chi connectivity index (χ2n) is 3.87. The Morgan fingerprint density at radius 3 is 2.93 bits per heavy atom. The van der Waals surface area contributed by atoms with E-state index in [-0.39, 0.29) is 0 Å². The summed E-state index contributed by atoms with van der Waals surface area (Å²) in [6.45, 7) is 3.38. The average molecular weight is 191 g/mol. The highest BCUT2D eigenvalue weighted by atomic mass is 15.0. The maximum Gasteiger partial charge on any atom is 0.0412 e. The molecule has 3 heteroatoms. The molecule has 76 valence electrons. The molecule has 1 aromatic rings. The molecule has 1 fully saturated rings. The van der Waals surface area contributed by atoms with Crippen LogP contribution in [0.15, 0.2) is 24.5 Å². The van der Waals surface area contributed by atoms with Crippen LogP contribution in [-0.2, 0) is 0 Å². The zero-order valence-electron chi connectivity index (χ0n) is 8.53. The van der Waals surface area contributed by atoms with E-state index in [2.05, 4.69) is 22.5 Å². The SMILES string of the molecule is CC1NCCCC1Nc1ccncc1. The van der Waals surface area contributed by atoms with Gasteiger partial charge in [-0.25, -0.2) is 0 Å².